The fourth-order valence-corrected chi connectivity index (χ4v) is 1.45. The maximum absolute atomic E-state index is 13.0. The van der Waals surface area contributed by atoms with Gasteiger partial charge in [-0.05, 0) is 18.2 Å². The van der Waals surface area contributed by atoms with Crippen molar-refractivity contribution >= 4 is 23.2 Å². The zero-order chi connectivity index (χ0) is 12.4. The molecule has 0 fully saturated rings. The smallest absolute Gasteiger partial charge is 0.272 e. The van der Waals surface area contributed by atoms with Crippen molar-refractivity contribution in [3.05, 3.63) is 47.0 Å². The highest BCUT2D eigenvalue weighted by molar-refractivity contribution is 6.31. The number of aromatic hydroxyl groups is 1. The number of anilines is 1. The van der Waals surface area contributed by atoms with E-state index < -0.39 is 17.5 Å². The molecule has 2 rings (SSSR count). The van der Waals surface area contributed by atoms with Gasteiger partial charge in [0.05, 0.1) is 5.02 Å². The second-order valence-electron chi connectivity index (χ2n) is 3.35. The summed E-state index contributed by atoms with van der Waals surface area (Å²) in [6, 6.07) is 5.03. The summed E-state index contributed by atoms with van der Waals surface area (Å²) in [5, 5.41) is 11.9. The molecule has 0 spiro atoms. The standard InChI is InChI=1S/C11H8ClFN2O2/c12-6-3-9(14-5-6)11(17)15-7-1-2-10(16)8(13)4-7/h1-5,14,16H,(H,15,17). The molecule has 2 aromatic rings. The maximum atomic E-state index is 13.0. The topological polar surface area (TPSA) is 65.1 Å². The van der Waals surface area contributed by atoms with Gasteiger partial charge in [-0.15, -0.1) is 0 Å². The lowest BCUT2D eigenvalue weighted by Gasteiger charge is -2.04. The van der Waals surface area contributed by atoms with E-state index in [1.165, 1.54) is 18.3 Å². The van der Waals surface area contributed by atoms with Crippen molar-refractivity contribution in [3.63, 3.8) is 0 Å². The fraction of sp³-hybridized carbons (Fsp3) is 0. The van der Waals surface area contributed by atoms with Crippen LogP contribution in [0.3, 0.4) is 0 Å². The molecule has 1 aromatic heterocycles. The highest BCUT2D eigenvalue weighted by atomic mass is 35.5. The lowest BCUT2D eigenvalue weighted by molar-refractivity contribution is 0.102. The van der Waals surface area contributed by atoms with Gasteiger partial charge in [-0.3, -0.25) is 4.79 Å². The third-order valence-corrected chi connectivity index (χ3v) is 2.32. The Morgan fingerprint density at radius 3 is 2.76 bits per heavy atom. The van der Waals surface area contributed by atoms with Gasteiger partial charge >= 0.3 is 0 Å². The summed E-state index contributed by atoms with van der Waals surface area (Å²) >= 11 is 5.65. The van der Waals surface area contributed by atoms with Crippen LogP contribution in [0.4, 0.5) is 10.1 Å². The summed E-state index contributed by atoms with van der Waals surface area (Å²) in [5.74, 6) is -1.71. The Hall–Kier alpha value is -2.01. The molecular formula is C11H8ClFN2O2. The monoisotopic (exact) mass is 254 g/mol. The van der Waals surface area contributed by atoms with Crippen molar-refractivity contribution in [2.24, 2.45) is 0 Å². The molecule has 4 nitrogen and oxygen atoms in total. The van der Waals surface area contributed by atoms with Crippen LogP contribution < -0.4 is 5.32 Å². The lowest BCUT2D eigenvalue weighted by Crippen LogP contribution is -2.12. The highest BCUT2D eigenvalue weighted by Crippen LogP contribution is 2.20. The van der Waals surface area contributed by atoms with E-state index >= 15 is 0 Å². The van der Waals surface area contributed by atoms with E-state index in [-0.39, 0.29) is 11.4 Å². The largest absolute Gasteiger partial charge is 0.505 e. The molecule has 17 heavy (non-hydrogen) atoms. The van der Waals surface area contributed by atoms with Crippen molar-refractivity contribution in [3.8, 4) is 5.75 Å². The number of rotatable bonds is 2. The Morgan fingerprint density at radius 1 is 1.41 bits per heavy atom. The quantitative estimate of drug-likeness (QED) is 0.722. The Bertz CT molecular complexity index is 568. The maximum Gasteiger partial charge on any atom is 0.272 e. The van der Waals surface area contributed by atoms with Gasteiger partial charge in [0.25, 0.3) is 5.91 Å². The minimum atomic E-state index is -0.799. The molecule has 88 valence electrons. The first-order chi connectivity index (χ1) is 8.06. The number of halogens is 2. The number of benzene rings is 1. The number of H-pyrrole nitrogens is 1. The molecule has 0 aliphatic rings. The number of phenolic OH excluding ortho intramolecular Hbond substituents is 1. The number of aromatic nitrogens is 1. The average Bonchev–Trinajstić information content (AvgIpc) is 2.70. The van der Waals surface area contributed by atoms with Crippen molar-refractivity contribution in [2.45, 2.75) is 0 Å². The zero-order valence-electron chi connectivity index (χ0n) is 8.50. The first kappa shape index (κ1) is 11.5. The molecule has 1 aromatic carbocycles. The van der Waals surface area contributed by atoms with Crippen molar-refractivity contribution in [2.75, 3.05) is 5.32 Å². The van der Waals surface area contributed by atoms with E-state index in [1.807, 2.05) is 0 Å². The first-order valence-electron chi connectivity index (χ1n) is 4.70. The summed E-state index contributed by atoms with van der Waals surface area (Å²) in [7, 11) is 0. The number of hydrogen-bond acceptors (Lipinski definition) is 2. The molecule has 0 aliphatic carbocycles. The number of carbonyl (C=O) groups excluding carboxylic acids is 1. The van der Waals surface area contributed by atoms with E-state index in [4.69, 9.17) is 16.7 Å². The summed E-state index contributed by atoms with van der Waals surface area (Å²) in [6.45, 7) is 0. The van der Waals surface area contributed by atoms with Crippen LogP contribution in [0.25, 0.3) is 0 Å². The Balaban J connectivity index is 2.15. The molecule has 0 saturated heterocycles. The predicted octanol–water partition coefficient (Wildman–Crippen LogP) is 2.77. The van der Waals surface area contributed by atoms with Crippen LogP contribution >= 0.6 is 11.6 Å². The molecule has 1 amide bonds. The molecule has 1 heterocycles. The molecule has 0 saturated carbocycles. The second kappa shape index (κ2) is 4.47. The van der Waals surface area contributed by atoms with Gasteiger partial charge in [0.2, 0.25) is 0 Å². The molecule has 3 N–H and O–H groups in total. The van der Waals surface area contributed by atoms with Crippen molar-refractivity contribution in [1.29, 1.82) is 0 Å². The zero-order valence-corrected chi connectivity index (χ0v) is 9.25. The lowest BCUT2D eigenvalue weighted by atomic mass is 10.3. The third-order valence-electron chi connectivity index (χ3n) is 2.10. The molecule has 0 radical (unpaired) electrons. The van der Waals surface area contributed by atoms with Crippen LogP contribution in [0.5, 0.6) is 5.75 Å². The molecule has 0 aliphatic heterocycles. The first-order valence-corrected chi connectivity index (χ1v) is 5.08. The van der Waals surface area contributed by atoms with Gasteiger partial charge in [0.15, 0.2) is 11.6 Å². The SMILES string of the molecule is O=C(Nc1ccc(O)c(F)c1)c1cc(Cl)c[nH]1. The van der Waals surface area contributed by atoms with Crippen LogP contribution in [0, 0.1) is 5.82 Å². The summed E-state index contributed by atoms with van der Waals surface area (Å²) in [5.41, 5.74) is 0.513. The van der Waals surface area contributed by atoms with E-state index in [2.05, 4.69) is 10.3 Å². The van der Waals surface area contributed by atoms with Crippen LogP contribution in [0.15, 0.2) is 30.5 Å². The Morgan fingerprint density at radius 2 is 2.18 bits per heavy atom. The summed E-state index contributed by atoms with van der Waals surface area (Å²) in [4.78, 5) is 14.3. The molecule has 6 heteroatoms. The number of amides is 1. The van der Waals surface area contributed by atoms with Gasteiger partial charge in [-0.1, -0.05) is 11.6 Å². The molecule has 0 unspecified atom stereocenters. The molecular weight excluding hydrogens is 247 g/mol. The van der Waals surface area contributed by atoms with Gasteiger partial charge in [-0.2, -0.15) is 0 Å². The van der Waals surface area contributed by atoms with Gasteiger partial charge in [0.1, 0.15) is 5.69 Å². The Labute approximate surface area is 101 Å². The minimum Gasteiger partial charge on any atom is -0.505 e. The fourth-order valence-electron chi connectivity index (χ4n) is 1.28. The van der Waals surface area contributed by atoms with Crippen molar-refractivity contribution in [1.82, 2.24) is 4.98 Å². The molecule has 0 bridgehead atoms. The Kier molecular flexibility index (Phi) is 3.01. The van der Waals surface area contributed by atoms with Crippen LogP contribution in [0.1, 0.15) is 10.5 Å². The third kappa shape index (κ3) is 2.57. The normalized spacial score (nSPS) is 10.2. The summed E-state index contributed by atoms with van der Waals surface area (Å²) < 4.78 is 13.0. The number of phenols is 1. The minimum absolute atomic E-state index is 0.246. The van der Waals surface area contributed by atoms with Crippen LogP contribution in [-0.2, 0) is 0 Å². The van der Waals surface area contributed by atoms with Gasteiger partial charge in [0, 0.05) is 18.0 Å². The van der Waals surface area contributed by atoms with E-state index in [9.17, 15) is 9.18 Å². The molecule has 0 atom stereocenters. The average molecular weight is 255 g/mol. The number of aromatic amines is 1. The van der Waals surface area contributed by atoms with Crippen LogP contribution in [-0.4, -0.2) is 16.0 Å². The van der Waals surface area contributed by atoms with Crippen molar-refractivity contribution < 1.29 is 14.3 Å². The predicted molar refractivity (Wildman–Crippen MR) is 61.8 cm³/mol. The van der Waals surface area contributed by atoms with Gasteiger partial charge < -0.3 is 15.4 Å². The number of nitrogens with one attached hydrogen (secondary N) is 2. The van der Waals surface area contributed by atoms with E-state index in [0.29, 0.717) is 5.02 Å². The van der Waals surface area contributed by atoms with E-state index in [1.54, 1.807) is 0 Å². The number of hydrogen-bond donors (Lipinski definition) is 3. The number of carbonyl (C=O) groups is 1. The highest BCUT2D eigenvalue weighted by Gasteiger charge is 2.09. The van der Waals surface area contributed by atoms with E-state index in [0.717, 1.165) is 12.1 Å². The second-order valence-corrected chi connectivity index (χ2v) is 3.79. The van der Waals surface area contributed by atoms with Gasteiger partial charge in [-0.25, -0.2) is 4.39 Å². The summed E-state index contributed by atoms with van der Waals surface area (Å²) in [6.07, 6.45) is 1.47. The van der Waals surface area contributed by atoms with Crippen LogP contribution in [0.2, 0.25) is 5.02 Å².